The molecule has 24 heavy (non-hydrogen) atoms. The number of carbonyl (C=O) groups is 1. The molecule has 0 radical (unpaired) electrons. The highest BCUT2D eigenvalue weighted by Gasteiger charge is 2.38. The van der Waals surface area contributed by atoms with Gasteiger partial charge in [-0.05, 0) is 31.5 Å². The maximum atomic E-state index is 13.2. The summed E-state index contributed by atoms with van der Waals surface area (Å²) < 4.78 is 40.4. The fraction of sp³-hybridized carbons (Fsp3) is 0.467. The molecule has 1 aromatic heterocycles. The van der Waals surface area contributed by atoms with Crippen LogP contribution in [-0.2, 0) is 17.5 Å². The molecule has 132 valence electrons. The molecule has 0 spiro atoms. The fourth-order valence-electron chi connectivity index (χ4n) is 2.84. The number of fused-ring (bicyclic) bond motifs is 1. The number of carbonyl (C=O) groups excluding carboxylic acids is 1. The number of halogens is 4. The molecule has 1 aromatic carbocycles. The molecule has 1 saturated heterocycles. The summed E-state index contributed by atoms with van der Waals surface area (Å²) >= 11 is 0. The Morgan fingerprint density at radius 1 is 1.38 bits per heavy atom. The third-order valence-electron chi connectivity index (χ3n) is 3.87. The van der Waals surface area contributed by atoms with Crippen LogP contribution in [0.4, 0.5) is 13.2 Å². The van der Waals surface area contributed by atoms with Gasteiger partial charge in [-0.1, -0.05) is 12.1 Å². The van der Waals surface area contributed by atoms with Gasteiger partial charge in [0.05, 0.1) is 11.0 Å². The van der Waals surface area contributed by atoms with E-state index in [2.05, 4.69) is 15.6 Å². The number of amides is 1. The van der Waals surface area contributed by atoms with Gasteiger partial charge in [-0.3, -0.25) is 4.79 Å². The van der Waals surface area contributed by atoms with Crippen molar-refractivity contribution in [3.05, 3.63) is 30.1 Å². The second-order valence-electron chi connectivity index (χ2n) is 5.62. The highest BCUT2D eigenvalue weighted by Crippen LogP contribution is 2.31. The lowest BCUT2D eigenvalue weighted by molar-refractivity contribution is -0.147. The summed E-state index contributed by atoms with van der Waals surface area (Å²) in [6.07, 6.45) is -2.84. The van der Waals surface area contributed by atoms with E-state index >= 15 is 0 Å². The molecule has 3 rings (SSSR count). The summed E-state index contributed by atoms with van der Waals surface area (Å²) in [6.45, 7) is 1.14. The maximum absolute atomic E-state index is 13.2. The minimum Gasteiger partial charge on any atom is -0.351 e. The zero-order valence-corrected chi connectivity index (χ0v) is 13.6. The molecular weight excluding hydrogens is 345 g/mol. The third-order valence-corrected chi connectivity index (χ3v) is 3.87. The van der Waals surface area contributed by atoms with Gasteiger partial charge in [0, 0.05) is 12.6 Å². The SMILES string of the molecule is Cl.O=C(Cn1c(C(F)(F)F)nc2ccccc21)N[C@H]1CCCNC1. The van der Waals surface area contributed by atoms with E-state index in [4.69, 9.17) is 0 Å². The van der Waals surface area contributed by atoms with Crippen molar-refractivity contribution in [3.63, 3.8) is 0 Å². The average molecular weight is 363 g/mol. The smallest absolute Gasteiger partial charge is 0.351 e. The van der Waals surface area contributed by atoms with Crippen LogP contribution >= 0.6 is 12.4 Å². The topological polar surface area (TPSA) is 59.0 Å². The van der Waals surface area contributed by atoms with Crippen LogP contribution in [0.5, 0.6) is 0 Å². The number of rotatable bonds is 3. The molecule has 0 unspecified atom stereocenters. The summed E-state index contributed by atoms with van der Waals surface area (Å²) in [5.74, 6) is -1.48. The lowest BCUT2D eigenvalue weighted by atomic mass is 10.1. The molecule has 0 aliphatic carbocycles. The summed E-state index contributed by atoms with van der Waals surface area (Å²) in [6, 6.07) is 6.24. The first-order valence-corrected chi connectivity index (χ1v) is 7.47. The molecule has 9 heteroatoms. The van der Waals surface area contributed by atoms with E-state index in [1.807, 2.05) is 0 Å². The van der Waals surface area contributed by atoms with Crippen molar-refractivity contribution < 1.29 is 18.0 Å². The number of piperidine rings is 1. The predicted octanol–water partition coefficient (Wildman–Crippen LogP) is 2.35. The fourth-order valence-corrected chi connectivity index (χ4v) is 2.84. The second-order valence-corrected chi connectivity index (χ2v) is 5.62. The Hall–Kier alpha value is -1.80. The van der Waals surface area contributed by atoms with E-state index in [9.17, 15) is 18.0 Å². The molecule has 0 bridgehead atoms. The van der Waals surface area contributed by atoms with Crippen molar-refractivity contribution in [2.24, 2.45) is 0 Å². The van der Waals surface area contributed by atoms with Crippen LogP contribution in [0.2, 0.25) is 0 Å². The van der Waals surface area contributed by atoms with Gasteiger partial charge in [0.15, 0.2) is 0 Å². The molecule has 0 saturated carbocycles. The predicted molar refractivity (Wildman–Crippen MR) is 86.0 cm³/mol. The standard InChI is InChI=1S/C15H17F3N4O.ClH/c16-15(17,18)14-21-11-5-1-2-6-12(11)22(14)9-13(23)20-10-4-3-7-19-8-10;/h1-2,5-6,10,19H,3-4,7-9H2,(H,20,23);1H/t10-;/m0./s1. The summed E-state index contributed by atoms with van der Waals surface area (Å²) in [5, 5.41) is 5.93. The van der Waals surface area contributed by atoms with E-state index in [0.29, 0.717) is 12.1 Å². The Kier molecular flexibility index (Phi) is 5.71. The van der Waals surface area contributed by atoms with E-state index in [-0.39, 0.29) is 24.0 Å². The first kappa shape index (κ1) is 18.5. The first-order valence-electron chi connectivity index (χ1n) is 7.47. The van der Waals surface area contributed by atoms with Gasteiger partial charge in [0.1, 0.15) is 6.54 Å². The monoisotopic (exact) mass is 362 g/mol. The number of aromatic nitrogens is 2. The van der Waals surface area contributed by atoms with Crippen molar-refractivity contribution in [1.29, 1.82) is 0 Å². The number of alkyl halides is 3. The van der Waals surface area contributed by atoms with Crippen LogP contribution in [0, 0.1) is 0 Å². The van der Waals surface area contributed by atoms with Crippen LogP contribution in [0.3, 0.4) is 0 Å². The highest BCUT2D eigenvalue weighted by atomic mass is 35.5. The van der Waals surface area contributed by atoms with Crippen molar-refractivity contribution in [2.45, 2.75) is 31.6 Å². The molecule has 1 atom stereocenters. The maximum Gasteiger partial charge on any atom is 0.449 e. The Balaban J connectivity index is 0.00000208. The summed E-state index contributed by atoms with van der Waals surface area (Å²) in [4.78, 5) is 15.8. The van der Waals surface area contributed by atoms with Gasteiger partial charge < -0.3 is 15.2 Å². The van der Waals surface area contributed by atoms with Crippen molar-refractivity contribution in [2.75, 3.05) is 13.1 Å². The van der Waals surface area contributed by atoms with Crippen LogP contribution in [0.15, 0.2) is 24.3 Å². The Morgan fingerprint density at radius 3 is 2.79 bits per heavy atom. The van der Waals surface area contributed by atoms with Crippen LogP contribution in [-0.4, -0.2) is 34.6 Å². The molecule has 2 aromatic rings. The molecular formula is C15H18ClF3N4O. The van der Waals surface area contributed by atoms with Crippen LogP contribution in [0.1, 0.15) is 18.7 Å². The normalized spacial score (nSPS) is 18.2. The van der Waals surface area contributed by atoms with Crippen molar-refractivity contribution >= 4 is 29.3 Å². The number of hydrogen-bond acceptors (Lipinski definition) is 3. The molecule has 2 heterocycles. The largest absolute Gasteiger partial charge is 0.449 e. The number of nitrogens with one attached hydrogen (secondary N) is 2. The molecule has 1 aliphatic rings. The Bertz CT molecular complexity index is 710. The van der Waals surface area contributed by atoms with Crippen molar-refractivity contribution in [1.82, 2.24) is 20.2 Å². The number of imidazole rings is 1. The quantitative estimate of drug-likeness (QED) is 0.881. The number of hydrogen-bond donors (Lipinski definition) is 2. The number of nitrogens with zero attached hydrogens (tertiary/aromatic N) is 2. The lowest BCUT2D eigenvalue weighted by Gasteiger charge is -2.24. The van der Waals surface area contributed by atoms with Gasteiger partial charge in [-0.2, -0.15) is 13.2 Å². The number of para-hydroxylation sites is 2. The summed E-state index contributed by atoms with van der Waals surface area (Å²) in [5.41, 5.74) is 0.531. The Labute approximate surface area is 143 Å². The minimum absolute atomic E-state index is 0. The van der Waals surface area contributed by atoms with E-state index in [1.165, 1.54) is 12.1 Å². The van der Waals surface area contributed by atoms with Gasteiger partial charge in [-0.25, -0.2) is 4.98 Å². The van der Waals surface area contributed by atoms with Gasteiger partial charge in [0.25, 0.3) is 0 Å². The lowest BCUT2D eigenvalue weighted by Crippen LogP contribution is -2.46. The number of benzene rings is 1. The zero-order chi connectivity index (χ0) is 16.4. The zero-order valence-electron chi connectivity index (χ0n) is 12.8. The molecule has 2 N–H and O–H groups in total. The molecule has 1 amide bonds. The van der Waals surface area contributed by atoms with Gasteiger partial charge in [-0.15, -0.1) is 12.4 Å². The third kappa shape index (κ3) is 3.99. The van der Waals surface area contributed by atoms with Gasteiger partial charge >= 0.3 is 6.18 Å². The second kappa shape index (κ2) is 7.40. The van der Waals surface area contributed by atoms with E-state index in [1.54, 1.807) is 12.1 Å². The minimum atomic E-state index is -4.61. The van der Waals surface area contributed by atoms with Crippen molar-refractivity contribution in [3.8, 4) is 0 Å². The van der Waals surface area contributed by atoms with E-state index < -0.39 is 24.5 Å². The van der Waals surface area contributed by atoms with Crippen LogP contribution in [0.25, 0.3) is 11.0 Å². The highest BCUT2D eigenvalue weighted by molar-refractivity contribution is 5.85. The Morgan fingerprint density at radius 2 is 2.12 bits per heavy atom. The average Bonchev–Trinajstić information content (AvgIpc) is 2.87. The van der Waals surface area contributed by atoms with Gasteiger partial charge in [0.2, 0.25) is 11.7 Å². The molecule has 5 nitrogen and oxygen atoms in total. The molecule has 1 aliphatic heterocycles. The summed E-state index contributed by atoms with van der Waals surface area (Å²) in [7, 11) is 0. The molecule has 1 fully saturated rings. The first-order chi connectivity index (χ1) is 10.9. The van der Waals surface area contributed by atoms with E-state index in [0.717, 1.165) is 24.0 Å². The van der Waals surface area contributed by atoms with Crippen LogP contribution < -0.4 is 10.6 Å².